The van der Waals surface area contributed by atoms with Crippen LogP contribution in [-0.2, 0) is 4.79 Å². The summed E-state index contributed by atoms with van der Waals surface area (Å²) in [5, 5.41) is 10.9. The summed E-state index contributed by atoms with van der Waals surface area (Å²) in [6.45, 7) is 4.25. The van der Waals surface area contributed by atoms with Gasteiger partial charge in [0.25, 0.3) is 5.91 Å². The van der Waals surface area contributed by atoms with Crippen LogP contribution < -0.4 is 20.1 Å². The first kappa shape index (κ1) is 20.7. The topological polar surface area (TPSA) is 90.3 Å². The summed E-state index contributed by atoms with van der Waals surface area (Å²) in [4.78, 5) is 17.6. The fraction of sp³-hybridized carbons (Fsp3) is 0.227. The molecule has 1 aliphatic heterocycles. The van der Waals surface area contributed by atoms with Crippen LogP contribution in [0.3, 0.4) is 0 Å². The Morgan fingerprint density at radius 1 is 1.26 bits per heavy atom. The molecule has 2 heterocycles. The Morgan fingerprint density at radius 2 is 2.06 bits per heavy atom. The van der Waals surface area contributed by atoms with Gasteiger partial charge in [0.05, 0.1) is 30.0 Å². The Bertz CT molecular complexity index is 1160. The maximum absolute atomic E-state index is 13.4. The Hall–Kier alpha value is -3.52. The van der Waals surface area contributed by atoms with Crippen molar-refractivity contribution in [2.45, 2.75) is 19.9 Å². The van der Waals surface area contributed by atoms with E-state index in [1.807, 2.05) is 38.1 Å². The second-order valence-corrected chi connectivity index (χ2v) is 7.28. The van der Waals surface area contributed by atoms with Crippen molar-refractivity contribution < 1.29 is 14.3 Å². The Morgan fingerprint density at radius 3 is 2.81 bits per heavy atom. The quantitative estimate of drug-likeness (QED) is 0.596. The minimum absolute atomic E-state index is 0.294. The van der Waals surface area contributed by atoms with Gasteiger partial charge in [0.15, 0.2) is 11.5 Å². The molecule has 0 bridgehead atoms. The van der Waals surface area contributed by atoms with Crippen LogP contribution >= 0.6 is 11.6 Å². The number of para-hydroxylation sites is 1. The van der Waals surface area contributed by atoms with Crippen molar-refractivity contribution in [3.8, 4) is 11.5 Å². The van der Waals surface area contributed by atoms with Crippen LogP contribution in [0.25, 0.3) is 0 Å². The molecule has 160 valence electrons. The van der Waals surface area contributed by atoms with Gasteiger partial charge in [0.1, 0.15) is 12.4 Å². The molecule has 8 nitrogen and oxygen atoms in total. The number of halogens is 1. The lowest BCUT2D eigenvalue weighted by molar-refractivity contribution is -0.113. The largest absolute Gasteiger partial charge is 0.493 e. The van der Waals surface area contributed by atoms with Crippen LogP contribution in [0.1, 0.15) is 25.5 Å². The van der Waals surface area contributed by atoms with Crippen molar-refractivity contribution >= 4 is 29.1 Å². The SMILES string of the molecule is CCOc1ccc([C@H]2C(C(=O)Nc3ccccc3Cl)=C(C)Nc3ncnn32)cc1OC. The van der Waals surface area contributed by atoms with Crippen LogP contribution in [-0.4, -0.2) is 34.4 Å². The van der Waals surface area contributed by atoms with Crippen LogP contribution in [0.5, 0.6) is 11.5 Å². The fourth-order valence-corrected chi connectivity index (χ4v) is 3.76. The number of hydrogen-bond donors (Lipinski definition) is 2. The zero-order valence-electron chi connectivity index (χ0n) is 17.3. The number of fused-ring (bicyclic) bond motifs is 1. The van der Waals surface area contributed by atoms with Gasteiger partial charge in [0.2, 0.25) is 5.95 Å². The number of nitrogens with zero attached hydrogens (tertiary/aromatic N) is 3. The summed E-state index contributed by atoms with van der Waals surface area (Å²) in [7, 11) is 1.58. The summed E-state index contributed by atoms with van der Waals surface area (Å²) < 4.78 is 12.8. The van der Waals surface area contributed by atoms with E-state index in [0.717, 1.165) is 5.56 Å². The molecule has 0 aliphatic carbocycles. The van der Waals surface area contributed by atoms with Gasteiger partial charge in [-0.25, -0.2) is 4.68 Å². The lowest BCUT2D eigenvalue weighted by Crippen LogP contribution is -2.31. The third-order valence-corrected chi connectivity index (χ3v) is 5.29. The number of rotatable bonds is 6. The average Bonchev–Trinajstić information content (AvgIpc) is 3.23. The van der Waals surface area contributed by atoms with Crippen molar-refractivity contribution in [1.29, 1.82) is 0 Å². The zero-order valence-corrected chi connectivity index (χ0v) is 18.1. The van der Waals surface area contributed by atoms with Gasteiger partial charge in [-0.3, -0.25) is 4.79 Å². The van der Waals surface area contributed by atoms with Crippen LogP contribution in [0.4, 0.5) is 11.6 Å². The number of ether oxygens (including phenoxy) is 2. The summed E-state index contributed by atoms with van der Waals surface area (Å²) in [6.07, 6.45) is 1.45. The summed E-state index contributed by atoms with van der Waals surface area (Å²) >= 11 is 6.24. The Labute approximate surface area is 184 Å². The summed E-state index contributed by atoms with van der Waals surface area (Å²) in [6, 6.07) is 12.1. The van der Waals surface area contributed by atoms with Crippen molar-refractivity contribution in [2.75, 3.05) is 24.4 Å². The molecule has 0 spiro atoms. The van der Waals surface area contributed by atoms with Gasteiger partial charge >= 0.3 is 0 Å². The lowest BCUT2D eigenvalue weighted by atomic mass is 9.94. The second-order valence-electron chi connectivity index (χ2n) is 6.87. The average molecular weight is 440 g/mol. The molecule has 0 unspecified atom stereocenters. The monoisotopic (exact) mass is 439 g/mol. The smallest absolute Gasteiger partial charge is 0.255 e. The molecule has 1 aliphatic rings. The summed E-state index contributed by atoms with van der Waals surface area (Å²) in [5.41, 5.74) is 2.49. The van der Waals surface area contributed by atoms with Gasteiger partial charge in [-0.05, 0) is 43.7 Å². The third-order valence-electron chi connectivity index (χ3n) is 4.96. The molecule has 1 amide bonds. The minimum atomic E-state index is -0.522. The molecule has 3 aromatic rings. The molecule has 4 rings (SSSR count). The van der Waals surface area contributed by atoms with E-state index in [1.54, 1.807) is 30.0 Å². The van der Waals surface area contributed by atoms with Crippen molar-refractivity contribution in [1.82, 2.24) is 14.8 Å². The highest BCUT2D eigenvalue weighted by molar-refractivity contribution is 6.33. The van der Waals surface area contributed by atoms with Crippen LogP contribution in [0, 0.1) is 0 Å². The predicted octanol–water partition coefficient (Wildman–Crippen LogP) is 4.27. The van der Waals surface area contributed by atoms with E-state index >= 15 is 0 Å². The number of aromatic nitrogens is 3. The van der Waals surface area contributed by atoms with Crippen LogP contribution in [0.15, 0.2) is 60.1 Å². The molecule has 31 heavy (non-hydrogen) atoms. The van der Waals surface area contributed by atoms with E-state index in [9.17, 15) is 4.79 Å². The van der Waals surface area contributed by atoms with E-state index in [0.29, 0.717) is 46.0 Å². The van der Waals surface area contributed by atoms with E-state index in [4.69, 9.17) is 21.1 Å². The van der Waals surface area contributed by atoms with Gasteiger partial charge in [0, 0.05) is 5.70 Å². The molecule has 9 heteroatoms. The Kier molecular flexibility index (Phi) is 5.81. The number of methoxy groups -OCH3 is 1. The number of nitrogens with one attached hydrogen (secondary N) is 2. The van der Waals surface area contributed by atoms with Gasteiger partial charge in [-0.15, -0.1) is 0 Å². The van der Waals surface area contributed by atoms with E-state index in [1.165, 1.54) is 6.33 Å². The highest BCUT2D eigenvalue weighted by atomic mass is 35.5. The van der Waals surface area contributed by atoms with E-state index < -0.39 is 6.04 Å². The van der Waals surface area contributed by atoms with Crippen molar-refractivity contribution in [3.05, 3.63) is 70.6 Å². The van der Waals surface area contributed by atoms with Crippen molar-refractivity contribution in [3.63, 3.8) is 0 Å². The maximum atomic E-state index is 13.4. The molecule has 0 saturated carbocycles. The van der Waals surface area contributed by atoms with E-state index in [-0.39, 0.29) is 5.91 Å². The van der Waals surface area contributed by atoms with E-state index in [2.05, 4.69) is 20.7 Å². The lowest BCUT2D eigenvalue weighted by Gasteiger charge is -2.29. The first-order valence-electron chi connectivity index (χ1n) is 9.77. The number of carbonyl (C=O) groups excluding carboxylic acids is 1. The van der Waals surface area contributed by atoms with Gasteiger partial charge < -0.3 is 20.1 Å². The Balaban J connectivity index is 1.78. The number of amides is 1. The zero-order chi connectivity index (χ0) is 22.0. The second kappa shape index (κ2) is 8.69. The standard InChI is InChI=1S/C22H22ClN5O3/c1-4-31-17-10-9-14(11-18(17)30-3)20-19(13(2)26-22-24-12-25-28(20)22)21(29)27-16-8-6-5-7-15(16)23/h5-12,20H,4H2,1-3H3,(H,27,29)(H,24,25,26)/t20-/m0/s1. The first-order valence-corrected chi connectivity index (χ1v) is 10.1. The number of carbonyl (C=O) groups is 1. The maximum Gasteiger partial charge on any atom is 0.255 e. The number of allylic oxidation sites excluding steroid dienone is 1. The number of anilines is 2. The number of hydrogen-bond acceptors (Lipinski definition) is 6. The van der Waals surface area contributed by atoms with Crippen LogP contribution in [0.2, 0.25) is 5.02 Å². The highest BCUT2D eigenvalue weighted by Crippen LogP contribution is 2.39. The molecule has 1 aromatic heterocycles. The molecule has 2 N–H and O–H groups in total. The predicted molar refractivity (Wildman–Crippen MR) is 119 cm³/mol. The fourth-order valence-electron chi connectivity index (χ4n) is 3.57. The molecule has 2 aromatic carbocycles. The number of benzene rings is 2. The normalized spacial score (nSPS) is 15.2. The molecule has 0 radical (unpaired) electrons. The molecular formula is C22H22ClN5O3. The van der Waals surface area contributed by atoms with Crippen molar-refractivity contribution in [2.24, 2.45) is 0 Å². The summed E-state index contributed by atoms with van der Waals surface area (Å²) in [5.74, 6) is 1.45. The molecule has 0 fully saturated rings. The first-order chi connectivity index (χ1) is 15.0. The highest BCUT2D eigenvalue weighted by Gasteiger charge is 2.34. The van der Waals surface area contributed by atoms with Gasteiger partial charge in [-0.2, -0.15) is 10.1 Å². The third kappa shape index (κ3) is 3.94. The minimum Gasteiger partial charge on any atom is -0.493 e. The molecule has 1 atom stereocenters. The van der Waals surface area contributed by atoms with Gasteiger partial charge in [-0.1, -0.05) is 29.8 Å². The molecule has 0 saturated heterocycles. The molecular weight excluding hydrogens is 418 g/mol.